The Bertz CT molecular complexity index is 595. The minimum atomic E-state index is 0.174. The third-order valence-electron chi connectivity index (χ3n) is 2.17. The topological polar surface area (TPSA) is 80.3 Å². The maximum Gasteiger partial charge on any atom is 0.224 e. The summed E-state index contributed by atoms with van der Waals surface area (Å²) < 4.78 is 0. The number of alkyl halides is 1. The van der Waals surface area contributed by atoms with Crippen LogP contribution in [0.4, 0.5) is 11.8 Å². The van der Waals surface area contributed by atoms with Gasteiger partial charge in [0.2, 0.25) is 5.95 Å². The Labute approximate surface area is 113 Å². The number of aromatic nitrogens is 3. The number of nitrogen functional groups attached to an aromatic ring is 1. The molecule has 2 N–H and O–H groups in total. The molecule has 0 radical (unpaired) electrons. The smallest absolute Gasteiger partial charge is 0.224 e. The van der Waals surface area contributed by atoms with E-state index in [-0.39, 0.29) is 5.95 Å². The zero-order chi connectivity index (χ0) is 13.1. The number of fused-ring (bicyclic) bond motifs is 1. The molecule has 0 fully saturated rings. The summed E-state index contributed by atoms with van der Waals surface area (Å²) in [6, 6.07) is 1.96. The molecule has 2 rings (SSSR count). The highest BCUT2D eigenvalue weighted by molar-refractivity contribution is 9.08. The van der Waals surface area contributed by atoms with Crippen LogP contribution in [0.3, 0.4) is 0 Å². The van der Waals surface area contributed by atoms with Gasteiger partial charge in [-0.1, -0.05) is 15.9 Å². The third kappa shape index (κ3) is 2.73. The van der Waals surface area contributed by atoms with Gasteiger partial charge in [0, 0.05) is 25.6 Å². The van der Waals surface area contributed by atoms with E-state index in [4.69, 9.17) is 5.73 Å². The summed E-state index contributed by atoms with van der Waals surface area (Å²) in [5.74, 6) is 0.703. The van der Waals surface area contributed by atoms with Gasteiger partial charge in [0.05, 0.1) is 11.7 Å². The Morgan fingerprint density at radius 3 is 2.89 bits per heavy atom. The van der Waals surface area contributed by atoms with Gasteiger partial charge in [-0.2, -0.15) is 9.97 Å². The van der Waals surface area contributed by atoms with Gasteiger partial charge >= 0.3 is 0 Å². The van der Waals surface area contributed by atoms with Crippen LogP contribution in [0.1, 0.15) is 5.56 Å². The summed E-state index contributed by atoms with van der Waals surface area (Å²) >= 11 is 3.39. The monoisotopic (exact) mass is 308 g/mol. The number of pyridine rings is 1. The van der Waals surface area contributed by atoms with Crippen LogP contribution in [0.15, 0.2) is 17.3 Å². The second-order valence-corrected chi connectivity index (χ2v) is 4.52. The first-order chi connectivity index (χ1) is 8.60. The van der Waals surface area contributed by atoms with E-state index in [2.05, 4.69) is 35.9 Å². The summed E-state index contributed by atoms with van der Waals surface area (Å²) in [7, 11) is 3.77. The highest BCUT2D eigenvalue weighted by atomic mass is 79.9. The predicted molar refractivity (Wildman–Crippen MR) is 76.2 cm³/mol. The predicted octanol–water partition coefficient (Wildman–Crippen LogP) is 1.72. The summed E-state index contributed by atoms with van der Waals surface area (Å²) in [5, 5.41) is 1.51. The third-order valence-corrected chi connectivity index (χ3v) is 2.82. The highest BCUT2D eigenvalue weighted by Crippen LogP contribution is 2.23. The lowest BCUT2D eigenvalue weighted by Crippen LogP contribution is -2.07. The first-order valence-electron chi connectivity index (χ1n) is 5.29. The molecule has 0 aliphatic heterocycles. The van der Waals surface area contributed by atoms with Crippen molar-refractivity contribution in [1.29, 1.82) is 0 Å². The molecule has 0 aromatic carbocycles. The van der Waals surface area contributed by atoms with Crippen molar-refractivity contribution in [1.82, 2.24) is 19.9 Å². The summed E-state index contributed by atoms with van der Waals surface area (Å²) in [4.78, 5) is 18.6. The summed E-state index contributed by atoms with van der Waals surface area (Å²) in [5.41, 5.74) is 7.24. The van der Waals surface area contributed by atoms with Crippen molar-refractivity contribution >= 4 is 45.1 Å². The van der Waals surface area contributed by atoms with Crippen molar-refractivity contribution in [3.63, 3.8) is 0 Å². The molecule has 6 nitrogen and oxygen atoms in total. The molecule has 0 atom stereocenters. The van der Waals surface area contributed by atoms with Crippen LogP contribution in [-0.4, -0.2) is 40.3 Å². The molecule has 2 aromatic rings. The molecule has 0 bridgehead atoms. The molecular weight excluding hydrogens is 296 g/mol. The lowest BCUT2D eigenvalue weighted by molar-refractivity contribution is 0.643. The summed E-state index contributed by atoms with van der Waals surface area (Å²) in [6.07, 6.45) is 3.42. The Morgan fingerprint density at radius 2 is 2.22 bits per heavy atom. The Kier molecular flexibility index (Phi) is 3.71. The molecule has 18 heavy (non-hydrogen) atoms. The lowest BCUT2D eigenvalue weighted by atomic mass is 10.2. The van der Waals surface area contributed by atoms with Crippen LogP contribution in [-0.2, 0) is 5.33 Å². The highest BCUT2D eigenvalue weighted by Gasteiger charge is 2.07. The Morgan fingerprint density at radius 1 is 1.44 bits per heavy atom. The zero-order valence-electron chi connectivity index (χ0n) is 10.1. The molecule has 2 aromatic heterocycles. The van der Waals surface area contributed by atoms with E-state index in [1.165, 1.54) is 0 Å². The minimum absolute atomic E-state index is 0.174. The minimum Gasteiger partial charge on any atom is -0.369 e. The largest absolute Gasteiger partial charge is 0.369 e. The molecule has 7 heteroatoms. The van der Waals surface area contributed by atoms with Gasteiger partial charge in [0.1, 0.15) is 0 Å². The van der Waals surface area contributed by atoms with Gasteiger partial charge in [0.15, 0.2) is 11.5 Å². The van der Waals surface area contributed by atoms with Crippen molar-refractivity contribution in [3.8, 4) is 0 Å². The molecular formula is C11H13BrN6. The van der Waals surface area contributed by atoms with Gasteiger partial charge in [-0.25, -0.2) is 9.98 Å². The molecule has 0 spiro atoms. The average molecular weight is 309 g/mol. The van der Waals surface area contributed by atoms with E-state index in [1.54, 1.807) is 12.5 Å². The van der Waals surface area contributed by atoms with E-state index in [0.717, 1.165) is 16.3 Å². The lowest BCUT2D eigenvalue weighted by Gasteiger charge is -2.05. The first-order valence-corrected chi connectivity index (χ1v) is 6.41. The molecule has 0 aliphatic carbocycles. The number of rotatable bonds is 3. The number of hydrogen-bond acceptors (Lipinski definition) is 5. The van der Waals surface area contributed by atoms with Crippen LogP contribution >= 0.6 is 15.9 Å². The second-order valence-electron chi connectivity index (χ2n) is 3.96. The normalized spacial score (nSPS) is 11.3. The fourth-order valence-corrected chi connectivity index (χ4v) is 1.70. The quantitative estimate of drug-likeness (QED) is 0.530. The van der Waals surface area contributed by atoms with Crippen molar-refractivity contribution in [2.75, 3.05) is 19.8 Å². The number of nitrogens with zero attached hydrogens (tertiary/aromatic N) is 5. The average Bonchev–Trinajstić information content (AvgIpc) is 2.35. The van der Waals surface area contributed by atoms with Crippen LogP contribution in [0.2, 0.25) is 0 Å². The van der Waals surface area contributed by atoms with Crippen molar-refractivity contribution in [3.05, 3.63) is 17.8 Å². The maximum absolute atomic E-state index is 5.64. The number of anilines is 1. The standard InChI is InChI=1S/C11H13BrN6/c1-18(2)6-15-10-8-3-7(4-12)5-14-9(8)16-11(13)17-10/h3,5-6H,4H2,1-2H3,(H2,13,14,16,17). The van der Waals surface area contributed by atoms with Crippen molar-refractivity contribution in [2.45, 2.75) is 5.33 Å². The van der Waals surface area contributed by atoms with Gasteiger partial charge in [-0.15, -0.1) is 0 Å². The number of halogens is 1. The summed E-state index contributed by atoms with van der Waals surface area (Å²) in [6.45, 7) is 0. The zero-order valence-corrected chi connectivity index (χ0v) is 11.7. The van der Waals surface area contributed by atoms with E-state index < -0.39 is 0 Å². The number of nitrogens with two attached hydrogens (primary N) is 1. The molecule has 94 valence electrons. The van der Waals surface area contributed by atoms with Crippen molar-refractivity contribution in [2.24, 2.45) is 4.99 Å². The SMILES string of the molecule is CN(C)C=Nc1nc(N)nc2ncc(CBr)cc12. The molecule has 0 saturated carbocycles. The molecule has 0 amide bonds. The van der Waals surface area contributed by atoms with E-state index in [1.807, 2.05) is 25.1 Å². The molecule has 0 unspecified atom stereocenters. The second kappa shape index (κ2) is 5.26. The van der Waals surface area contributed by atoms with Gasteiger partial charge in [-0.3, -0.25) is 0 Å². The first kappa shape index (κ1) is 12.7. The van der Waals surface area contributed by atoms with E-state index in [0.29, 0.717) is 11.5 Å². The molecule has 0 saturated heterocycles. The molecule has 2 heterocycles. The van der Waals surface area contributed by atoms with E-state index in [9.17, 15) is 0 Å². The number of hydrogen-bond donors (Lipinski definition) is 1. The fraction of sp³-hybridized carbons (Fsp3) is 0.273. The van der Waals surface area contributed by atoms with Gasteiger partial charge < -0.3 is 10.6 Å². The molecule has 0 aliphatic rings. The van der Waals surface area contributed by atoms with Crippen LogP contribution in [0, 0.1) is 0 Å². The van der Waals surface area contributed by atoms with Crippen LogP contribution in [0.5, 0.6) is 0 Å². The van der Waals surface area contributed by atoms with Crippen LogP contribution < -0.4 is 5.73 Å². The maximum atomic E-state index is 5.64. The van der Waals surface area contributed by atoms with Crippen LogP contribution in [0.25, 0.3) is 11.0 Å². The van der Waals surface area contributed by atoms with Gasteiger partial charge in [0.25, 0.3) is 0 Å². The number of aliphatic imine (C=N–C) groups is 1. The fourth-order valence-electron chi connectivity index (χ4n) is 1.40. The van der Waals surface area contributed by atoms with E-state index >= 15 is 0 Å². The van der Waals surface area contributed by atoms with Gasteiger partial charge in [-0.05, 0) is 11.6 Å². The van der Waals surface area contributed by atoms with Crippen molar-refractivity contribution < 1.29 is 0 Å². The Hall–Kier alpha value is -1.76. The Balaban J connectivity index is 2.61.